The van der Waals surface area contributed by atoms with Crippen LogP contribution in [-0.4, -0.2) is 61.7 Å². The van der Waals surface area contributed by atoms with Gasteiger partial charge in [-0.25, -0.2) is 18.2 Å². The largest absolute Gasteiger partial charge is 0.465 e. The SMILES string of the molecule is CCCCn1c(C=Cc2ccc(C(=O)OC)cc2)nc2cc(S(=O)(=O)N3CCOCC3)ccc21. The van der Waals surface area contributed by atoms with Crippen molar-refractivity contribution in [3.05, 3.63) is 59.4 Å². The molecule has 1 saturated heterocycles. The molecule has 1 aliphatic rings. The molecule has 8 nitrogen and oxygen atoms in total. The zero-order valence-corrected chi connectivity index (χ0v) is 20.3. The first-order valence-electron chi connectivity index (χ1n) is 11.4. The second-order valence-corrected chi connectivity index (χ2v) is 10.0. The Bertz CT molecular complexity index is 1290. The molecule has 0 aliphatic carbocycles. The number of ether oxygens (including phenoxy) is 2. The zero-order valence-electron chi connectivity index (χ0n) is 19.4. The number of aromatic nitrogens is 2. The molecule has 34 heavy (non-hydrogen) atoms. The summed E-state index contributed by atoms with van der Waals surface area (Å²) in [6.07, 6.45) is 5.85. The van der Waals surface area contributed by atoms with Gasteiger partial charge in [0.05, 0.1) is 41.8 Å². The van der Waals surface area contributed by atoms with E-state index in [2.05, 4.69) is 11.5 Å². The summed E-state index contributed by atoms with van der Waals surface area (Å²) in [6, 6.07) is 12.3. The topological polar surface area (TPSA) is 90.7 Å². The predicted octanol–water partition coefficient (Wildman–Crippen LogP) is 3.81. The van der Waals surface area contributed by atoms with Crippen LogP contribution in [0.5, 0.6) is 0 Å². The van der Waals surface area contributed by atoms with Gasteiger partial charge < -0.3 is 14.0 Å². The van der Waals surface area contributed by atoms with Gasteiger partial charge >= 0.3 is 5.97 Å². The lowest BCUT2D eigenvalue weighted by molar-refractivity contribution is 0.0600. The zero-order chi connectivity index (χ0) is 24.1. The Hall–Kier alpha value is -3.01. The van der Waals surface area contributed by atoms with Crippen molar-refractivity contribution in [2.75, 3.05) is 33.4 Å². The maximum atomic E-state index is 13.1. The molecule has 0 spiro atoms. The fraction of sp³-hybridized carbons (Fsp3) is 0.360. The smallest absolute Gasteiger partial charge is 0.337 e. The van der Waals surface area contributed by atoms with Crippen molar-refractivity contribution in [3.8, 4) is 0 Å². The summed E-state index contributed by atoms with van der Waals surface area (Å²) in [5, 5.41) is 0. The van der Waals surface area contributed by atoms with Crippen molar-refractivity contribution >= 4 is 39.2 Å². The van der Waals surface area contributed by atoms with Gasteiger partial charge in [-0.1, -0.05) is 31.6 Å². The summed E-state index contributed by atoms with van der Waals surface area (Å²) < 4.78 is 39.8. The molecule has 9 heteroatoms. The summed E-state index contributed by atoms with van der Waals surface area (Å²) in [5.41, 5.74) is 2.95. The molecule has 1 fully saturated rings. The van der Waals surface area contributed by atoms with Crippen molar-refractivity contribution in [1.29, 1.82) is 0 Å². The number of fused-ring (bicyclic) bond motifs is 1. The summed E-state index contributed by atoms with van der Waals surface area (Å²) in [6.45, 7) is 4.43. The van der Waals surface area contributed by atoms with Gasteiger partial charge in [0.25, 0.3) is 0 Å². The Labute approximate surface area is 199 Å². The van der Waals surface area contributed by atoms with Crippen molar-refractivity contribution in [1.82, 2.24) is 13.9 Å². The third kappa shape index (κ3) is 5.06. The molecule has 0 unspecified atom stereocenters. The van der Waals surface area contributed by atoms with E-state index >= 15 is 0 Å². The number of aryl methyl sites for hydroxylation is 1. The predicted molar refractivity (Wildman–Crippen MR) is 131 cm³/mol. The van der Waals surface area contributed by atoms with Gasteiger partial charge in [0.1, 0.15) is 5.82 Å². The van der Waals surface area contributed by atoms with Gasteiger partial charge in [-0.3, -0.25) is 0 Å². The minimum absolute atomic E-state index is 0.246. The number of sulfonamides is 1. The Kier molecular flexibility index (Phi) is 7.45. The monoisotopic (exact) mass is 483 g/mol. The molecule has 4 rings (SSSR count). The maximum Gasteiger partial charge on any atom is 0.337 e. The first kappa shape index (κ1) is 24.1. The highest BCUT2D eigenvalue weighted by molar-refractivity contribution is 7.89. The summed E-state index contributed by atoms with van der Waals surface area (Å²) in [5.74, 6) is 0.376. The first-order chi connectivity index (χ1) is 16.4. The number of nitrogens with zero attached hydrogens (tertiary/aromatic N) is 3. The molecule has 3 aromatic rings. The average Bonchev–Trinajstić information content (AvgIpc) is 3.23. The molecular formula is C25H29N3O5S. The van der Waals surface area contributed by atoms with Gasteiger partial charge in [-0.2, -0.15) is 4.31 Å². The van der Waals surface area contributed by atoms with Crippen LogP contribution in [0.3, 0.4) is 0 Å². The average molecular weight is 484 g/mol. The van der Waals surface area contributed by atoms with E-state index in [1.54, 1.807) is 24.3 Å². The van der Waals surface area contributed by atoms with E-state index in [0.29, 0.717) is 37.4 Å². The van der Waals surface area contributed by atoms with Crippen LogP contribution in [0.15, 0.2) is 47.4 Å². The molecule has 0 saturated carbocycles. The highest BCUT2D eigenvalue weighted by Crippen LogP contribution is 2.25. The van der Waals surface area contributed by atoms with Crippen LogP contribution in [0.1, 0.15) is 41.5 Å². The molecule has 0 amide bonds. The normalized spacial score (nSPS) is 15.2. The number of hydrogen-bond acceptors (Lipinski definition) is 6. The number of carbonyl (C=O) groups is 1. The van der Waals surface area contributed by atoms with Gasteiger partial charge in [0.2, 0.25) is 10.0 Å². The third-order valence-corrected chi connectivity index (χ3v) is 7.74. The van der Waals surface area contributed by atoms with Crippen LogP contribution < -0.4 is 0 Å². The van der Waals surface area contributed by atoms with Crippen molar-refractivity contribution in [2.45, 2.75) is 31.2 Å². The second-order valence-electron chi connectivity index (χ2n) is 8.09. The quantitative estimate of drug-likeness (QED) is 0.453. The minimum atomic E-state index is -3.59. The van der Waals surface area contributed by atoms with E-state index in [9.17, 15) is 13.2 Å². The van der Waals surface area contributed by atoms with E-state index in [-0.39, 0.29) is 10.9 Å². The highest BCUT2D eigenvalue weighted by atomic mass is 32.2. The number of morpholine rings is 1. The maximum absolute atomic E-state index is 13.1. The standard InChI is InChI=1S/C25H29N3O5S/c1-3-4-13-28-23-11-10-21(34(30,31)27-14-16-33-17-15-27)18-22(23)26-24(28)12-7-19-5-8-20(9-6-19)25(29)32-2/h5-12,18H,3-4,13-17H2,1-2H3. The second kappa shape index (κ2) is 10.5. The lowest BCUT2D eigenvalue weighted by Gasteiger charge is -2.26. The van der Waals surface area contributed by atoms with E-state index < -0.39 is 10.0 Å². The summed E-state index contributed by atoms with van der Waals surface area (Å²) in [7, 11) is -2.24. The van der Waals surface area contributed by atoms with Crippen molar-refractivity contribution in [2.24, 2.45) is 0 Å². The molecule has 0 radical (unpaired) electrons. The molecule has 2 heterocycles. The van der Waals surface area contributed by atoms with Crippen LogP contribution >= 0.6 is 0 Å². The van der Waals surface area contributed by atoms with Gasteiger partial charge in [0, 0.05) is 19.6 Å². The summed E-state index contributed by atoms with van der Waals surface area (Å²) in [4.78, 5) is 16.6. The number of rotatable bonds is 8. The van der Waals surface area contributed by atoms with Crippen LogP contribution in [0.25, 0.3) is 23.2 Å². The Morgan fingerprint density at radius 1 is 1.12 bits per heavy atom. The molecule has 1 aliphatic heterocycles. The fourth-order valence-electron chi connectivity index (χ4n) is 3.92. The molecule has 0 N–H and O–H groups in total. The van der Waals surface area contributed by atoms with Crippen LogP contribution in [0.4, 0.5) is 0 Å². The van der Waals surface area contributed by atoms with E-state index in [0.717, 1.165) is 36.3 Å². The molecule has 1 aromatic heterocycles. The van der Waals surface area contributed by atoms with Gasteiger partial charge in [0.15, 0.2) is 0 Å². The number of unbranched alkanes of at least 4 members (excludes halogenated alkanes) is 1. The summed E-state index contributed by atoms with van der Waals surface area (Å²) >= 11 is 0. The molecule has 0 atom stereocenters. The number of hydrogen-bond donors (Lipinski definition) is 0. The van der Waals surface area contributed by atoms with Crippen LogP contribution in [0, 0.1) is 0 Å². The Morgan fingerprint density at radius 2 is 1.85 bits per heavy atom. The third-order valence-electron chi connectivity index (χ3n) is 5.85. The minimum Gasteiger partial charge on any atom is -0.465 e. The van der Waals surface area contributed by atoms with E-state index in [1.807, 2.05) is 30.4 Å². The number of carbonyl (C=O) groups excluding carboxylic acids is 1. The fourth-order valence-corrected chi connectivity index (χ4v) is 5.35. The lowest BCUT2D eigenvalue weighted by Crippen LogP contribution is -2.40. The molecular weight excluding hydrogens is 454 g/mol. The van der Waals surface area contributed by atoms with Crippen LogP contribution in [0.2, 0.25) is 0 Å². The molecule has 0 bridgehead atoms. The molecule has 2 aromatic carbocycles. The highest BCUT2D eigenvalue weighted by Gasteiger charge is 2.27. The Morgan fingerprint density at radius 3 is 2.53 bits per heavy atom. The van der Waals surface area contributed by atoms with Crippen molar-refractivity contribution in [3.63, 3.8) is 0 Å². The van der Waals surface area contributed by atoms with E-state index in [1.165, 1.54) is 11.4 Å². The number of benzene rings is 2. The van der Waals surface area contributed by atoms with Gasteiger partial charge in [-0.15, -0.1) is 0 Å². The van der Waals surface area contributed by atoms with Crippen molar-refractivity contribution < 1.29 is 22.7 Å². The molecule has 180 valence electrons. The lowest BCUT2D eigenvalue weighted by atomic mass is 10.1. The number of esters is 1. The van der Waals surface area contributed by atoms with Crippen LogP contribution in [-0.2, 0) is 26.0 Å². The number of methoxy groups -OCH3 is 1. The number of imidazole rings is 1. The van der Waals surface area contributed by atoms with Gasteiger partial charge in [-0.05, 0) is 48.4 Å². The first-order valence-corrected chi connectivity index (χ1v) is 12.8. The Balaban J connectivity index is 1.67. The van der Waals surface area contributed by atoms with E-state index in [4.69, 9.17) is 14.5 Å².